The van der Waals surface area contributed by atoms with Crippen LogP contribution in [-0.2, 0) is 5.60 Å². The van der Waals surface area contributed by atoms with E-state index in [4.69, 9.17) is 5.11 Å². The second-order valence-electron chi connectivity index (χ2n) is 4.57. The van der Waals surface area contributed by atoms with E-state index in [1.807, 2.05) is 6.07 Å². The second-order valence-corrected chi connectivity index (χ2v) is 4.57. The van der Waals surface area contributed by atoms with Crippen LogP contribution < -0.4 is 0 Å². The summed E-state index contributed by atoms with van der Waals surface area (Å²) in [5.41, 5.74) is -2.28. The minimum atomic E-state index is -1.68. The predicted octanol–water partition coefficient (Wildman–Crippen LogP) is 1.20. The van der Waals surface area contributed by atoms with Crippen molar-refractivity contribution in [3.63, 3.8) is 0 Å². The van der Waals surface area contributed by atoms with Gasteiger partial charge in [0, 0.05) is 11.1 Å². The zero-order valence-corrected chi connectivity index (χ0v) is 10.6. The van der Waals surface area contributed by atoms with E-state index >= 15 is 0 Å². The van der Waals surface area contributed by atoms with Crippen molar-refractivity contribution in [1.82, 2.24) is 0 Å². The summed E-state index contributed by atoms with van der Waals surface area (Å²) in [5.74, 6) is 4.99. The minimum Gasteiger partial charge on any atom is -0.386 e. The van der Waals surface area contributed by atoms with E-state index in [-0.39, 0.29) is 12.2 Å². The Kier molecular flexibility index (Phi) is 4.31. The fourth-order valence-electron chi connectivity index (χ4n) is 1.61. The molecule has 0 amide bonds. The zero-order valence-electron chi connectivity index (χ0n) is 10.6. The molecular weight excluding hydrogens is 228 g/mol. The molecule has 0 bridgehead atoms. The Morgan fingerprint density at radius 2 is 1.78 bits per heavy atom. The molecule has 18 heavy (non-hydrogen) atoms. The molecule has 0 aliphatic rings. The average molecular weight is 246 g/mol. The van der Waals surface area contributed by atoms with E-state index in [1.165, 1.54) is 13.8 Å². The van der Waals surface area contributed by atoms with E-state index in [0.717, 1.165) is 0 Å². The van der Waals surface area contributed by atoms with E-state index < -0.39 is 11.2 Å². The lowest BCUT2D eigenvalue weighted by atomic mass is 9.79. The smallest absolute Gasteiger partial charge is 0.175 e. The Morgan fingerprint density at radius 3 is 2.22 bits per heavy atom. The molecule has 3 N–H and O–H groups in total. The Hall–Kier alpha value is -1.60. The maximum absolute atomic E-state index is 10.7. The molecule has 1 atom stereocenters. The number of aliphatic hydroxyl groups excluding tert-OH is 1. The predicted molar refractivity (Wildman–Crippen MR) is 70.6 cm³/mol. The second kappa shape index (κ2) is 5.36. The first kappa shape index (κ1) is 14.5. The van der Waals surface area contributed by atoms with Crippen molar-refractivity contribution in [2.24, 2.45) is 0 Å². The summed E-state index contributed by atoms with van der Waals surface area (Å²) in [7, 11) is 0. The van der Waals surface area contributed by atoms with Crippen LogP contribution >= 0.6 is 0 Å². The van der Waals surface area contributed by atoms with E-state index in [0.29, 0.717) is 5.56 Å². The molecule has 0 fully saturated rings. The number of hydrogen-bond acceptors (Lipinski definition) is 3. The van der Waals surface area contributed by atoms with Crippen molar-refractivity contribution in [3.8, 4) is 11.8 Å². The first-order chi connectivity index (χ1) is 8.32. The average Bonchev–Trinajstić information content (AvgIpc) is 2.35. The fourth-order valence-corrected chi connectivity index (χ4v) is 1.61. The quantitative estimate of drug-likeness (QED) is 0.555. The number of hydrogen-bond donors (Lipinski definition) is 3. The highest BCUT2D eigenvalue weighted by Crippen LogP contribution is 2.34. The monoisotopic (exact) mass is 246 g/mol. The van der Waals surface area contributed by atoms with Crippen LogP contribution in [0.4, 0.5) is 0 Å². The molecule has 1 unspecified atom stereocenters. The molecular formula is C15H18O3. The lowest BCUT2D eigenvalue weighted by Gasteiger charge is -2.32. The first-order valence-electron chi connectivity index (χ1n) is 5.63. The standard InChI is InChI=1S/C15H18O3/c1-12(14(2,3)17)15(18,10-7-11-16)13-8-5-4-6-9-13/h4-6,8-9,16-18H,1,11H2,2-3H3. The van der Waals surface area contributed by atoms with Crippen LogP contribution in [0.5, 0.6) is 0 Å². The van der Waals surface area contributed by atoms with Crippen molar-refractivity contribution in [3.05, 3.63) is 48.0 Å². The lowest BCUT2D eigenvalue weighted by molar-refractivity contribution is 0.0515. The molecule has 1 aromatic rings. The van der Waals surface area contributed by atoms with Gasteiger partial charge >= 0.3 is 0 Å². The third kappa shape index (κ3) is 2.99. The summed E-state index contributed by atoms with van der Waals surface area (Å²) in [6.07, 6.45) is 0. The summed E-state index contributed by atoms with van der Waals surface area (Å²) >= 11 is 0. The molecule has 3 heteroatoms. The highest BCUT2D eigenvalue weighted by Gasteiger charge is 2.38. The largest absolute Gasteiger partial charge is 0.386 e. The van der Waals surface area contributed by atoms with Gasteiger partial charge in [0.2, 0.25) is 0 Å². The van der Waals surface area contributed by atoms with Crippen molar-refractivity contribution in [2.45, 2.75) is 25.0 Å². The summed E-state index contributed by atoms with van der Waals surface area (Å²) in [6, 6.07) is 8.74. The van der Waals surface area contributed by atoms with E-state index in [1.54, 1.807) is 24.3 Å². The highest BCUT2D eigenvalue weighted by atomic mass is 16.3. The fraction of sp³-hybridized carbons (Fsp3) is 0.333. The molecule has 0 aromatic heterocycles. The van der Waals surface area contributed by atoms with Gasteiger partial charge in [-0.1, -0.05) is 48.8 Å². The zero-order chi connectivity index (χ0) is 13.8. The summed E-state index contributed by atoms with van der Waals surface area (Å²) in [5, 5.41) is 29.5. The Bertz CT molecular complexity index is 474. The van der Waals surface area contributed by atoms with Crippen LogP contribution in [0.2, 0.25) is 0 Å². The molecule has 0 aliphatic heterocycles. The number of aliphatic hydroxyl groups is 3. The molecule has 1 aromatic carbocycles. The van der Waals surface area contributed by atoms with Gasteiger partial charge in [-0.3, -0.25) is 0 Å². The Balaban J connectivity index is 3.33. The first-order valence-corrected chi connectivity index (χ1v) is 5.63. The van der Waals surface area contributed by atoms with Crippen LogP contribution in [-0.4, -0.2) is 27.5 Å². The van der Waals surface area contributed by atoms with Gasteiger partial charge in [-0.15, -0.1) is 0 Å². The van der Waals surface area contributed by atoms with Crippen LogP contribution in [0, 0.1) is 11.8 Å². The van der Waals surface area contributed by atoms with Gasteiger partial charge in [0.05, 0.1) is 5.60 Å². The Labute approximate surface area is 107 Å². The molecule has 0 aliphatic carbocycles. The molecule has 0 heterocycles. The molecule has 96 valence electrons. The highest BCUT2D eigenvalue weighted by molar-refractivity contribution is 5.44. The van der Waals surface area contributed by atoms with Gasteiger partial charge in [-0.05, 0) is 13.8 Å². The van der Waals surface area contributed by atoms with Crippen molar-refractivity contribution in [1.29, 1.82) is 0 Å². The molecule has 0 spiro atoms. The minimum absolute atomic E-state index is 0.169. The summed E-state index contributed by atoms with van der Waals surface area (Å²) < 4.78 is 0. The third-order valence-corrected chi connectivity index (χ3v) is 2.72. The van der Waals surface area contributed by atoms with E-state index in [2.05, 4.69) is 18.4 Å². The van der Waals surface area contributed by atoms with E-state index in [9.17, 15) is 10.2 Å². The van der Waals surface area contributed by atoms with Crippen molar-refractivity contribution < 1.29 is 15.3 Å². The summed E-state index contributed by atoms with van der Waals surface area (Å²) in [4.78, 5) is 0. The number of benzene rings is 1. The topological polar surface area (TPSA) is 60.7 Å². The SMILES string of the molecule is C=C(C(C)(C)O)C(O)(C#CCO)c1ccccc1. The maximum Gasteiger partial charge on any atom is 0.175 e. The van der Waals surface area contributed by atoms with Gasteiger partial charge in [0.25, 0.3) is 0 Å². The van der Waals surface area contributed by atoms with Crippen LogP contribution in [0.25, 0.3) is 0 Å². The van der Waals surface area contributed by atoms with Crippen LogP contribution in [0.15, 0.2) is 42.5 Å². The molecule has 0 saturated carbocycles. The molecule has 0 radical (unpaired) electrons. The van der Waals surface area contributed by atoms with Gasteiger partial charge < -0.3 is 15.3 Å². The van der Waals surface area contributed by atoms with Gasteiger partial charge in [-0.2, -0.15) is 0 Å². The molecule has 1 rings (SSSR count). The maximum atomic E-state index is 10.7. The third-order valence-electron chi connectivity index (χ3n) is 2.72. The molecule has 3 nitrogen and oxygen atoms in total. The van der Waals surface area contributed by atoms with Gasteiger partial charge in [-0.25, -0.2) is 0 Å². The van der Waals surface area contributed by atoms with Gasteiger partial charge in [0.1, 0.15) is 6.61 Å². The Morgan fingerprint density at radius 1 is 1.22 bits per heavy atom. The van der Waals surface area contributed by atoms with Crippen LogP contribution in [0.1, 0.15) is 19.4 Å². The normalized spacial score (nSPS) is 14.3. The van der Waals surface area contributed by atoms with Crippen molar-refractivity contribution in [2.75, 3.05) is 6.61 Å². The van der Waals surface area contributed by atoms with Gasteiger partial charge in [0.15, 0.2) is 5.60 Å². The lowest BCUT2D eigenvalue weighted by Crippen LogP contribution is -2.37. The summed E-state index contributed by atoms with van der Waals surface area (Å²) in [6.45, 7) is 6.44. The molecule has 0 saturated heterocycles. The number of rotatable bonds is 3. The van der Waals surface area contributed by atoms with Crippen LogP contribution in [0.3, 0.4) is 0 Å². The van der Waals surface area contributed by atoms with Crippen molar-refractivity contribution >= 4 is 0 Å².